The van der Waals surface area contributed by atoms with Crippen LogP contribution >= 0.6 is 11.3 Å². The van der Waals surface area contributed by atoms with E-state index in [2.05, 4.69) is 5.32 Å². The van der Waals surface area contributed by atoms with Gasteiger partial charge in [0.15, 0.2) is 0 Å². The Morgan fingerprint density at radius 1 is 1.35 bits per heavy atom. The molecule has 6 heteroatoms. The summed E-state index contributed by atoms with van der Waals surface area (Å²) in [5, 5.41) is 12.3. The standard InChI is InChI=1S/C14H18N2O3S/c15-12-10-4-1-2-5-11(10)20-13(12)14(18)16-6-3-8-19-9-7-17/h1-2,4-5,17H,3,6-9,15H2,(H,16,18). The van der Waals surface area contributed by atoms with E-state index < -0.39 is 0 Å². The number of hydrogen-bond acceptors (Lipinski definition) is 5. The van der Waals surface area contributed by atoms with Crippen molar-refractivity contribution < 1.29 is 14.6 Å². The minimum Gasteiger partial charge on any atom is -0.397 e. The molecule has 0 unspecified atom stereocenters. The molecule has 4 N–H and O–H groups in total. The fourth-order valence-corrected chi connectivity index (χ4v) is 2.90. The molecule has 20 heavy (non-hydrogen) atoms. The minimum absolute atomic E-state index is 0.0185. The number of benzene rings is 1. The zero-order valence-electron chi connectivity index (χ0n) is 11.1. The summed E-state index contributed by atoms with van der Waals surface area (Å²) in [7, 11) is 0. The van der Waals surface area contributed by atoms with Crippen molar-refractivity contribution in [1.29, 1.82) is 0 Å². The number of aliphatic hydroxyl groups is 1. The predicted octanol–water partition coefficient (Wildman–Crippen LogP) is 1.61. The Hall–Kier alpha value is -1.63. The van der Waals surface area contributed by atoms with E-state index in [4.69, 9.17) is 15.6 Å². The number of carbonyl (C=O) groups excluding carboxylic acids is 1. The number of nitrogen functional groups attached to an aromatic ring is 1. The van der Waals surface area contributed by atoms with Gasteiger partial charge >= 0.3 is 0 Å². The zero-order valence-corrected chi connectivity index (χ0v) is 11.9. The number of amides is 1. The fourth-order valence-electron chi connectivity index (χ4n) is 1.86. The molecular formula is C14H18N2O3S. The third-order valence-electron chi connectivity index (χ3n) is 2.83. The average Bonchev–Trinajstić information content (AvgIpc) is 2.80. The highest BCUT2D eigenvalue weighted by atomic mass is 32.1. The maximum Gasteiger partial charge on any atom is 0.263 e. The largest absolute Gasteiger partial charge is 0.397 e. The molecule has 1 aromatic carbocycles. The molecule has 108 valence electrons. The lowest BCUT2D eigenvalue weighted by Crippen LogP contribution is -2.25. The number of ether oxygens (including phenoxy) is 1. The molecule has 5 nitrogen and oxygen atoms in total. The topological polar surface area (TPSA) is 84.6 Å². The van der Waals surface area contributed by atoms with E-state index in [1.54, 1.807) is 0 Å². The zero-order chi connectivity index (χ0) is 14.4. The fraction of sp³-hybridized carbons (Fsp3) is 0.357. The lowest BCUT2D eigenvalue weighted by atomic mass is 10.2. The number of nitrogens with one attached hydrogen (secondary N) is 1. The number of nitrogens with two attached hydrogens (primary N) is 1. The van der Waals surface area contributed by atoms with Gasteiger partial charge in [0.2, 0.25) is 0 Å². The first-order valence-corrected chi connectivity index (χ1v) is 7.29. The molecule has 0 aliphatic rings. The molecule has 1 heterocycles. The molecule has 0 atom stereocenters. The van der Waals surface area contributed by atoms with E-state index in [1.165, 1.54) is 11.3 Å². The first-order chi connectivity index (χ1) is 9.74. The van der Waals surface area contributed by atoms with Gasteiger partial charge in [-0.1, -0.05) is 18.2 Å². The Bertz CT molecular complexity index is 583. The van der Waals surface area contributed by atoms with Gasteiger partial charge in [-0.2, -0.15) is 0 Å². The maximum absolute atomic E-state index is 12.1. The third kappa shape index (κ3) is 3.47. The summed E-state index contributed by atoms with van der Waals surface area (Å²) in [4.78, 5) is 12.6. The molecule has 0 fully saturated rings. The van der Waals surface area contributed by atoms with Crippen LogP contribution in [0.5, 0.6) is 0 Å². The summed E-state index contributed by atoms with van der Waals surface area (Å²) in [6.07, 6.45) is 0.705. The summed E-state index contributed by atoms with van der Waals surface area (Å²) in [6.45, 7) is 1.39. The number of hydrogen-bond donors (Lipinski definition) is 3. The van der Waals surface area contributed by atoms with E-state index in [1.807, 2.05) is 24.3 Å². The van der Waals surface area contributed by atoms with Crippen LogP contribution < -0.4 is 11.1 Å². The van der Waals surface area contributed by atoms with Gasteiger partial charge in [0, 0.05) is 23.2 Å². The van der Waals surface area contributed by atoms with E-state index in [0.29, 0.717) is 36.7 Å². The summed E-state index contributed by atoms with van der Waals surface area (Å²) in [6, 6.07) is 7.71. The summed E-state index contributed by atoms with van der Waals surface area (Å²) in [5.74, 6) is -0.147. The molecular weight excluding hydrogens is 276 g/mol. The van der Waals surface area contributed by atoms with Crippen LogP contribution in [-0.2, 0) is 4.74 Å². The molecule has 0 aliphatic carbocycles. The van der Waals surface area contributed by atoms with Gasteiger partial charge in [-0.25, -0.2) is 0 Å². The first-order valence-electron chi connectivity index (χ1n) is 6.48. The summed E-state index contributed by atoms with van der Waals surface area (Å²) in [5.41, 5.74) is 6.55. The van der Waals surface area contributed by atoms with Crippen LogP contribution in [0.15, 0.2) is 24.3 Å². The van der Waals surface area contributed by atoms with Crippen LogP contribution in [0.2, 0.25) is 0 Å². The second kappa shape index (κ2) is 7.23. The number of rotatable bonds is 7. The van der Waals surface area contributed by atoms with Crippen LogP contribution in [-0.4, -0.2) is 37.4 Å². The normalized spacial score (nSPS) is 10.8. The third-order valence-corrected chi connectivity index (χ3v) is 4.01. The minimum atomic E-state index is -0.147. The Balaban J connectivity index is 1.89. The quantitative estimate of drug-likeness (QED) is 0.677. The molecule has 1 aromatic heterocycles. The van der Waals surface area contributed by atoms with Crippen molar-refractivity contribution in [1.82, 2.24) is 5.32 Å². The van der Waals surface area contributed by atoms with Gasteiger partial charge in [-0.15, -0.1) is 11.3 Å². The summed E-state index contributed by atoms with van der Waals surface area (Å²) >= 11 is 1.40. The van der Waals surface area contributed by atoms with E-state index in [-0.39, 0.29) is 12.5 Å². The number of anilines is 1. The van der Waals surface area contributed by atoms with Gasteiger partial charge in [0.25, 0.3) is 5.91 Å². The highest BCUT2D eigenvalue weighted by molar-refractivity contribution is 7.21. The second-order valence-electron chi connectivity index (χ2n) is 4.29. The highest BCUT2D eigenvalue weighted by Gasteiger charge is 2.15. The van der Waals surface area contributed by atoms with Crippen molar-refractivity contribution in [3.05, 3.63) is 29.1 Å². The SMILES string of the molecule is Nc1c(C(=O)NCCCOCCO)sc2ccccc12. The molecule has 2 aromatic rings. The molecule has 1 amide bonds. The molecule has 0 saturated carbocycles. The number of carbonyl (C=O) groups is 1. The Labute approximate surface area is 121 Å². The average molecular weight is 294 g/mol. The van der Waals surface area contributed by atoms with Crippen LogP contribution in [0.1, 0.15) is 16.1 Å². The number of aliphatic hydroxyl groups excluding tert-OH is 1. The van der Waals surface area contributed by atoms with E-state index >= 15 is 0 Å². The van der Waals surface area contributed by atoms with Gasteiger partial charge in [-0.3, -0.25) is 4.79 Å². The van der Waals surface area contributed by atoms with E-state index in [0.717, 1.165) is 10.1 Å². The van der Waals surface area contributed by atoms with Crippen LogP contribution in [0.25, 0.3) is 10.1 Å². The van der Waals surface area contributed by atoms with Crippen molar-refractivity contribution in [3.8, 4) is 0 Å². The number of thiophene rings is 1. The monoisotopic (exact) mass is 294 g/mol. The molecule has 2 rings (SSSR count). The van der Waals surface area contributed by atoms with Crippen molar-refractivity contribution >= 4 is 33.0 Å². The first kappa shape index (κ1) is 14.8. The molecule has 0 bridgehead atoms. The lowest BCUT2D eigenvalue weighted by molar-refractivity contribution is 0.0869. The number of fused-ring (bicyclic) bond motifs is 1. The van der Waals surface area contributed by atoms with Crippen LogP contribution in [0.4, 0.5) is 5.69 Å². The molecule has 0 aliphatic heterocycles. The Morgan fingerprint density at radius 3 is 2.90 bits per heavy atom. The second-order valence-corrected chi connectivity index (χ2v) is 5.34. The van der Waals surface area contributed by atoms with Crippen molar-refractivity contribution in [2.24, 2.45) is 0 Å². The molecule has 0 radical (unpaired) electrons. The summed E-state index contributed by atoms with van der Waals surface area (Å²) < 4.78 is 6.13. The Morgan fingerprint density at radius 2 is 2.15 bits per heavy atom. The maximum atomic E-state index is 12.1. The highest BCUT2D eigenvalue weighted by Crippen LogP contribution is 2.33. The van der Waals surface area contributed by atoms with Gasteiger partial charge in [0.1, 0.15) is 4.88 Å². The van der Waals surface area contributed by atoms with E-state index in [9.17, 15) is 4.79 Å². The van der Waals surface area contributed by atoms with Gasteiger partial charge in [-0.05, 0) is 12.5 Å². The van der Waals surface area contributed by atoms with Crippen molar-refractivity contribution in [3.63, 3.8) is 0 Å². The van der Waals surface area contributed by atoms with Crippen LogP contribution in [0.3, 0.4) is 0 Å². The van der Waals surface area contributed by atoms with Crippen molar-refractivity contribution in [2.75, 3.05) is 32.1 Å². The Kier molecular flexibility index (Phi) is 5.34. The lowest BCUT2D eigenvalue weighted by Gasteiger charge is -2.05. The molecule has 0 spiro atoms. The van der Waals surface area contributed by atoms with Gasteiger partial charge in [0.05, 0.1) is 18.9 Å². The predicted molar refractivity (Wildman–Crippen MR) is 81.1 cm³/mol. The van der Waals surface area contributed by atoms with Crippen molar-refractivity contribution in [2.45, 2.75) is 6.42 Å². The smallest absolute Gasteiger partial charge is 0.263 e. The van der Waals surface area contributed by atoms with Crippen LogP contribution in [0, 0.1) is 0 Å². The van der Waals surface area contributed by atoms with Gasteiger partial charge < -0.3 is 20.9 Å². The molecule has 0 saturated heterocycles.